The highest BCUT2D eigenvalue weighted by Crippen LogP contribution is 2.27. The van der Waals surface area contributed by atoms with Crippen molar-refractivity contribution in [3.05, 3.63) is 59.4 Å². The minimum atomic E-state index is -0.323. The van der Waals surface area contributed by atoms with E-state index in [1.165, 1.54) is 24.6 Å². The Morgan fingerprint density at radius 2 is 1.80 bits per heavy atom. The molecule has 104 valence electrons. The molecule has 20 heavy (non-hydrogen) atoms. The Kier molecular flexibility index (Phi) is 4.33. The van der Waals surface area contributed by atoms with Crippen LogP contribution in [0, 0.1) is 5.82 Å². The lowest BCUT2D eigenvalue weighted by atomic mass is 9.93. The third-order valence-corrected chi connectivity index (χ3v) is 3.76. The molecule has 0 saturated carbocycles. The number of carbonyl (C=O) groups is 1. The molecule has 0 aliphatic carbocycles. The fourth-order valence-electron chi connectivity index (χ4n) is 2.29. The lowest BCUT2D eigenvalue weighted by molar-refractivity contribution is 0.101. The van der Waals surface area contributed by atoms with Gasteiger partial charge in [-0.15, -0.1) is 0 Å². The SMILES string of the molecule is CCC(C)c1ccc(-c2cc(F)ccc2C(C)=O)cc1. The monoisotopic (exact) mass is 270 g/mol. The van der Waals surface area contributed by atoms with Crippen molar-refractivity contribution in [2.75, 3.05) is 0 Å². The quantitative estimate of drug-likeness (QED) is 0.697. The van der Waals surface area contributed by atoms with Gasteiger partial charge in [0.05, 0.1) is 0 Å². The molecule has 1 nitrogen and oxygen atoms in total. The zero-order valence-electron chi connectivity index (χ0n) is 12.1. The summed E-state index contributed by atoms with van der Waals surface area (Å²) in [5.74, 6) is 0.130. The summed E-state index contributed by atoms with van der Waals surface area (Å²) in [5, 5.41) is 0. The van der Waals surface area contributed by atoms with Crippen molar-refractivity contribution in [2.24, 2.45) is 0 Å². The van der Waals surface area contributed by atoms with E-state index in [0.29, 0.717) is 17.0 Å². The summed E-state index contributed by atoms with van der Waals surface area (Å²) in [6.45, 7) is 5.83. The Balaban J connectivity index is 2.46. The van der Waals surface area contributed by atoms with Gasteiger partial charge in [0.1, 0.15) is 5.82 Å². The van der Waals surface area contributed by atoms with Crippen LogP contribution in [0.15, 0.2) is 42.5 Å². The van der Waals surface area contributed by atoms with Crippen LogP contribution in [-0.2, 0) is 0 Å². The summed E-state index contributed by atoms with van der Waals surface area (Å²) in [6.07, 6.45) is 1.08. The van der Waals surface area contributed by atoms with Gasteiger partial charge in [0.15, 0.2) is 5.78 Å². The molecule has 0 saturated heterocycles. The largest absolute Gasteiger partial charge is 0.294 e. The standard InChI is InChI=1S/C18H19FO/c1-4-12(2)14-5-7-15(8-6-14)18-11-16(19)9-10-17(18)13(3)20/h5-12H,4H2,1-3H3. The molecule has 2 heteroatoms. The zero-order chi connectivity index (χ0) is 14.7. The predicted molar refractivity (Wildman–Crippen MR) is 80.5 cm³/mol. The summed E-state index contributed by atoms with van der Waals surface area (Å²) in [4.78, 5) is 11.6. The van der Waals surface area contributed by atoms with Gasteiger partial charge in [0.2, 0.25) is 0 Å². The Morgan fingerprint density at radius 3 is 2.35 bits per heavy atom. The van der Waals surface area contributed by atoms with E-state index >= 15 is 0 Å². The molecule has 0 fully saturated rings. The number of carbonyl (C=O) groups excluding carboxylic acids is 1. The number of ketones is 1. The molecular weight excluding hydrogens is 251 g/mol. The molecule has 1 atom stereocenters. The molecule has 0 amide bonds. The molecule has 0 aliphatic rings. The van der Waals surface area contributed by atoms with Crippen LogP contribution in [0.3, 0.4) is 0 Å². The number of hydrogen-bond donors (Lipinski definition) is 0. The van der Waals surface area contributed by atoms with Crippen molar-refractivity contribution in [1.82, 2.24) is 0 Å². The highest BCUT2D eigenvalue weighted by atomic mass is 19.1. The molecular formula is C18H19FO. The molecule has 0 radical (unpaired) electrons. The Morgan fingerprint density at radius 1 is 1.15 bits per heavy atom. The first kappa shape index (κ1) is 14.4. The second-order valence-electron chi connectivity index (χ2n) is 5.18. The molecule has 0 N–H and O–H groups in total. The maximum atomic E-state index is 13.4. The lowest BCUT2D eigenvalue weighted by Gasteiger charge is -2.11. The Labute approximate surface area is 119 Å². The van der Waals surface area contributed by atoms with E-state index in [4.69, 9.17) is 0 Å². The summed E-state index contributed by atoms with van der Waals surface area (Å²) in [7, 11) is 0. The summed E-state index contributed by atoms with van der Waals surface area (Å²) in [6, 6.07) is 12.3. The van der Waals surface area contributed by atoms with E-state index in [1.807, 2.05) is 12.1 Å². The summed E-state index contributed by atoms with van der Waals surface area (Å²) < 4.78 is 13.4. The lowest BCUT2D eigenvalue weighted by Crippen LogP contribution is -1.97. The van der Waals surface area contributed by atoms with Gasteiger partial charge in [-0.25, -0.2) is 4.39 Å². The van der Waals surface area contributed by atoms with Gasteiger partial charge in [0.25, 0.3) is 0 Å². The molecule has 1 unspecified atom stereocenters. The Bertz CT molecular complexity index is 614. The molecule has 0 heterocycles. The highest BCUT2D eigenvalue weighted by Gasteiger charge is 2.11. The van der Waals surface area contributed by atoms with Crippen LogP contribution in [0.1, 0.15) is 49.0 Å². The van der Waals surface area contributed by atoms with Crippen LogP contribution in [-0.4, -0.2) is 5.78 Å². The van der Waals surface area contributed by atoms with Gasteiger partial charge in [0, 0.05) is 5.56 Å². The van der Waals surface area contributed by atoms with E-state index in [-0.39, 0.29) is 11.6 Å². The van der Waals surface area contributed by atoms with E-state index < -0.39 is 0 Å². The van der Waals surface area contributed by atoms with E-state index in [0.717, 1.165) is 12.0 Å². The van der Waals surface area contributed by atoms with E-state index in [2.05, 4.69) is 26.0 Å². The van der Waals surface area contributed by atoms with Crippen molar-refractivity contribution in [3.63, 3.8) is 0 Å². The average molecular weight is 270 g/mol. The number of benzene rings is 2. The smallest absolute Gasteiger partial charge is 0.160 e. The second-order valence-corrected chi connectivity index (χ2v) is 5.18. The topological polar surface area (TPSA) is 17.1 Å². The molecule has 2 aromatic rings. The highest BCUT2D eigenvalue weighted by molar-refractivity contribution is 6.00. The van der Waals surface area contributed by atoms with E-state index in [9.17, 15) is 9.18 Å². The first-order chi connectivity index (χ1) is 9.52. The van der Waals surface area contributed by atoms with Crippen LogP contribution in [0.4, 0.5) is 4.39 Å². The first-order valence-corrected chi connectivity index (χ1v) is 6.93. The molecule has 0 bridgehead atoms. The second kappa shape index (κ2) is 6.00. The van der Waals surface area contributed by atoms with Crippen LogP contribution in [0.5, 0.6) is 0 Å². The van der Waals surface area contributed by atoms with Crippen molar-refractivity contribution < 1.29 is 9.18 Å². The molecule has 2 rings (SSSR count). The molecule has 0 aromatic heterocycles. The molecule has 2 aromatic carbocycles. The third kappa shape index (κ3) is 2.96. The maximum Gasteiger partial charge on any atom is 0.160 e. The normalized spacial score (nSPS) is 12.2. The predicted octanol–water partition coefficient (Wildman–Crippen LogP) is 5.21. The molecule has 0 spiro atoms. The summed E-state index contributed by atoms with van der Waals surface area (Å²) >= 11 is 0. The average Bonchev–Trinajstić information content (AvgIpc) is 2.46. The van der Waals surface area contributed by atoms with Gasteiger partial charge in [-0.3, -0.25) is 4.79 Å². The number of halogens is 1. The third-order valence-electron chi connectivity index (χ3n) is 3.76. The fraction of sp³-hybridized carbons (Fsp3) is 0.278. The van der Waals surface area contributed by atoms with Crippen molar-refractivity contribution in [3.8, 4) is 11.1 Å². The number of hydrogen-bond acceptors (Lipinski definition) is 1. The Hall–Kier alpha value is -1.96. The number of Topliss-reactive ketones (excluding diaryl/α,β-unsaturated/α-hetero) is 1. The van der Waals surface area contributed by atoms with Crippen molar-refractivity contribution >= 4 is 5.78 Å². The van der Waals surface area contributed by atoms with E-state index in [1.54, 1.807) is 6.07 Å². The van der Waals surface area contributed by atoms with Gasteiger partial charge >= 0.3 is 0 Å². The first-order valence-electron chi connectivity index (χ1n) is 6.93. The van der Waals surface area contributed by atoms with Gasteiger partial charge in [-0.05, 0) is 54.2 Å². The van der Waals surface area contributed by atoms with Crippen LogP contribution in [0.2, 0.25) is 0 Å². The molecule has 0 aliphatic heterocycles. The van der Waals surface area contributed by atoms with Gasteiger partial charge in [-0.2, -0.15) is 0 Å². The van der Waals surface area contributed by atoms with Crippen molar-refractivity contribution in [1.29, 1.82) is 0 Å². The zero-order valence-corrected chi connectivity index (χ0v) is 12.1. The van der Waals surface area contributed by atoms with Gasteiger partial charge in [-0.1, -0.05) is 38.1 Å². The van der Waals surface area contributed by atoms with Crippen molar-refractivity contribution in [2.45, 2.75) is 33.1 Å². The fourth-order valence-corrected chi connectivity index (χ4v) is 2.29. The van der Waals surface area contributed by atoms with Gasteiger partial charge < -0.3 is 0 Å². The summed E-state index contributed by atoms with van der Waals surface area (Å²) in [5.41, 5.74) is 3.36. The number of rotatable bonds is 4. The van der Waals surface area contributed by atoms with Crippen LogP contribution >= 0.6 is 0 Å². The minimum absolute atomic E-state index is 0.0500. The van der Waals surface area contributed by atoms with Crippen LogP contribution in [0.25, 0.3) is 11.1 Å². The van der Waals surface area contributed by atoms with Crippen LogP contribution < -0.4 is 0 Å². The minimum Gasteiger partial charge on any atom is -0.294 e. The maximum absolute atomic E-state index is 13.4.